The van der Waals surface area contributed by atoms with Crippen molar-refractivity contribution in [2.75, 3.05) is 5.32 Å². The molecular weight excluding hydrogens is 340 g/mol. The first kappa shape index (κ1) is 15.9. The molecule has 0 aliphatic heterocycles. The highest BCUT2D eigenvalue weighted by Crippen LogP contribution is 2.30. The highest BCUT2D eigenvalue weighted by atomic mass is 35.5. The van der Waals surface area contributed by atoms with Gasteiger partial charge in [0.25, 0.3) is 0 Å². The Bertz CT molecular complexity index is 942. The van der Waals surface area contributed by atoms with Crippen molar-refractivity contribution in [2.45, 2.75) is 31.5 Å². The number of aromatic nitrogens is 4. The van der Waals surface area contributed by atoms with E-state index in [4.69, 9.17) is 11.6 Å². The molecule has 7 nitrogen and oxygen atoms in total. The van der Waals surface area contributed by atoms with E-state index >= 15 is 0 Å². The SMILES string of the molecule is N#Cc1c(N[C@@H]2CC(Cn3cc(Cl)cn3)C[C@H]2O)nc2ccccn12. The number of rotatable bonds is 4. The van der Waals surface area contributed by atoms with Crippen molar-refractivity contribution in [3.63, 3.8) is 0 Å². The van der Waals surface area contributed by atoms with Gasteiger partial charge in [0, 0.05) is 18.9 Å². The molecule has 0 amide bonds. The first-order valence-electron chi connectivity index (χ1n) is 8.14. The molecule has 4 rings (SSSR count). The summed E-state index contributed by atoms with van der Waals surface area (Å²) in [7, 11) is 0. The van der Waals surface area contributed by atoms with Gasteiger partial charge in [-0.1, -0.05) is 17.7 Å². The van der Waals surface area contributed by atoms with Gasteiger partial charge >= 0.3 is 0 Å². The van der Waals surface area contributed by atoms with Gasteiger partial charge in [-0.25, -0.2) is 4.98 Å². The molecule has 2 N–H and O–H groups in total. The summed E-state index contributed by atoms with van der Waals surface area (Å²) in [6.45, 7) is 0.707. The number of imidazole rings is 1. The number of aliphatic hydroxyl groups excluding tert-OH is 1. The van der Waals surface area contributed by atoms with Gasteiger partial charge in [-0.05, 0) is 30.9 Å². The number of nitrogens with one attached hydrogen (secondary N) is 1. The van der Waals surface area contributed by atoms with Gasteiger partial charge in [-0.3, -0.25) is 9.08 Å². The molecule has 0 bridgehead atoms. The second-order valence-corrected chi connectivity index (χ2v) is 6.82. The molecular formula is C17H17ClN6O. The minimum Gasteiger partial charge on any atom is -0.391 e. The molecule has 8 heteroatoms. The van der Waals surface area contributed by atoms with E-state index in [-0.39, 0.29) is 12.0 Å². The maximum atomic E-state index is 10.4. The third-order valence-corrected chi connectivity index (χ3v) is 4.83. The number of halogens is 1. The zero-order chi connectivity index (χ0) is 17.4. The lowest BCUT2D eigenvalue weighted by molar-refractivity contribution is 0.166. The lowest BCUT2D eigenvalue weighted by Gasteiger charge is -2.16. The van der Waals surface area contributed by atoms with Crippen LogP contribution in [-0.2, 0) is 6.54 Å². The van der Waals surface area contributed by atoms with E-state index in [0.29, 0.717) is 35.1 Å². The third kappa shape index (κ3) is 3.06. The van der Waals surface area contributed by atoms with E-state index in [1.54, 1.807) is 27.7 Å². The maximum absolute atomic E-state index is 10.4. The number of nitrogens with zero attached hydrogens (tertiary/aromatic N) is 5. The van der Waals surface area contributed by atoms with Crippen LogP contribution in [0.15, 0.2) is 36.8 Å². The van der Waals surface area contributed by atoms with E-state index in [0.717, 1.165) is 6.42 Å². The van der Waals surface area contributed by atoms with E-state index < -0.39 is 6.10 Å². The van der Waals surface area contributed by atoms with Crippen molar-refractivity contribution in [1.29, 1.82) is 5.26 Å². The number of hydrogen-bond acceptors (Lipinski definition) is 5. The van der Waals surface area contributed by atoms with Gasteiger partial charge in [-0.15, -0.1) is 0 Å². The minimum atomic E-state index is -0.493. The normalized spacial score (nSPS) is 23.0. The smallest absolute Gasteiger partial charge is 0.168 e. The van der Waals surface area contributed by atoms with Crippen LogP contribution < -0.4 is 5.32 Å². The molecule has 3 heterocycles. The van der Waals surface area contributed by atoms with Crippen LogP contribution in [0.25, 0.3) is 5.65 Å². The molecule has 25 heavy (non-hydrogen) atoms. The van der Waals surface area contributed by atoms with Gasteiger partial charge in [0.05, 0.1) is 23.4 Å². The number of aliphatic hydroxyl groups is 1. The summed E-state index contributed by atoms with van der Waals surface area (Å²) in [5, 5.41) is 27.9. The van der Waals surface area contributed by atoms with Crippen LogP contribution in [0.3, 0.4) is 0 Å². The largest absolute Gasteiger partial charge is 0.391 e. The number of nitriles is 1. The van der Waals surface area contributed by atoms with Crippen LogP contribution in [0.1, 0.15) is 18.5 Å². The summed E-state index contributed by atoms with van der Waals surface area (Å²) >= 11 is 5.90. The lowest BCUT2D eigenvalue weighted by atomic mass is 10.1. The fraction of sp³-hybridized carbons (Fsp3) is 0.353. The summed E-state index contributed by atoms with van der Waals surface area (Å²) in [5.41, 5.74) is 1.15. The van der Waals surface area contributed by atoms with Crippen LogP contribution in [0.4, 0.5) is 5.82 Å². The summed E-state index contributed by atoms with van der Waals surface area (Å²) in [5.74, 6) is 0.798. The molecule has 1 unspecified atom stereocenters. The Labute approximate surface area is 149 Å². The monoisotopic (exact) mass is 356 g/mol. The predicted molar refractivity (Wildman–Crippen MR) is 93.3 cm³/mol. The summed E-state index contributed by atoms with van der Waals surface area (Å²) in [4.78, 5) is 4.48. The van der Waals surface area contributed by atoms with Crippen molar-refractivity contribution in [2.24, 2.45) is 5.92 Å². The lowest BCUT2D eigenvalue weighted by Crippen LogP contribution is -2.28. The molecule has 0 radical (unpaired) electrons. The Morgan fingerprint density at radius 2 is 2.28 bits per heavy atom. The average Bonchev–Trinajstić information content (AvgIpc) is 3.25. The van der Waals surface area contributed by atoms with E-state index in [1.165, 1.54) is 0 Å². The van der Waals surface area contributed by atoms with Crippen LogP contribution in [0.2, 0.25) is 5.02 Å². The van der Waals surface area contributed by atoms with Gasteiger partial charge in [0.15, 0.2) is 11.5 Å². The Balaban J connectivity index is 1.50. The molecule has 0 spiro atoms. The molecule has 3 aromatic heterocycles. The zero-order valence-corrected chi connectivity index (χ0v) is 14.1. The summed E-state index contributed by atoms with van der Waals surface area (Å²) in [6, 6.07) is 7.63. The molecule has 1 aliphatic carbocycles. The van der Waals surface area contributed by atoms with Crippen LogP contribution in [-0.4, -0.2) is 36.4 Å². The van der Waals surface area contributed by atoms with E-state index in [9.17, 15) is 10.4 Å². The first-order valence-corrected chi connectivity index (χ1v) is 8.51. The van der Waals surface area contributed by atoms with Gasteiger partial charge in [0.2, 0.25) is 0 Å². The molecule has 0 aromatic carbocycles. The highest BCUT2D eigenvalue weighted by Gasteiger charge is 2.34. The average molecular weight is 357 g/mol. The molecule has 1 fully saturated rings. The van der Waals surface area contributed by atoms with Crippen molar-refractivity contribution in [3.8, 4) is 6.07 Å². The van der Waals surface area contributed by atoms with Crippen LogP contribution in [0, 0.1) is 17.2 Å². The summed E-state index contributed by atoms with van der Waals surface area (Å²) < 4.78 is 3.54. The predicted octanol–water partition coefficient (Wildman–Crippen LogP) is 2.31. The van der Waals surface area contributed by atoms with Crippen molar-refractivity contribution in [1.82, 2.24) is 19.2 Å². The molecule has 1 aliphatic rings. The van der Waals surface area contributed by atoms with E-state index in [2.05, 4.69) is 21.5 Å². The fourth-order valence-electron chi connectivity index (χ4n) is 3.50. The Hall–Kier alpha value is -2.56. The number of anilines is 1. The summed E-state index contributed by atoms with van der Waals surface area (Å²) in [6.07, 6.45) is 6.15. The van der Waals surface area contributed by atoms with Gasteiger partial charge in [-0.2, -0.15) is 10.4 Å². The van der Waals surface area contributed by atoms with E-state index in [1.807, 2.05) is 18.2 Å². The fourth-order valence-corrected chi connectivity index (χ4v) is 3.66. The molecule has 1 saturated carbocycles. The Morgan fingerprint density at radius 1 is 1.40 bits per heavy atom. The third-order valence-electron chi connectivity index (χ3n) is 4.63. The van der Waals surface area contributed by atoms with Crippen molar-refractivity contribution < 1.29 is 5.11 Å². The Morgan fingerprint density at radius 3 is 3.04 bits per heavy atom. The molecule has 3 atom stereocenters. The standard InChI is InChI=1S/C17H17ClN6O/c18-12-8-20-23(10-12)9-11-5-13(15(25)6-11)21-17-14(7-19)24-4-2-1-3-16(24)22-17/h1-4,8,10-11,13,15,21,25H,5-6,9H2/t11?,13-,15-/m1/s1. The number of fused-ring (bicyclic) bond motifs is 1. The second kappa shape index (κ2) is 6.39. The molecule has 128 valence electrons. The maximum Gasteiger partial charge on any atom is 0.168 e. The molecule has 0 saturated heterocycles. The van der Waals surface area contributed by atoms with Gasteiger partial charge in [0.1, 0.15) is 11.7 Å². The van der Waals surface area contributed by atoms with Crippen LogP contribution >= 0.6 is 11.6 Å². The Kier molecular flexibility index (Phi) is 4.07. The first-order chi connectivity index (χ1) is 12.1. The van der Waals surface area contributed by atoms with Crippen molar-refractivity contribution in [3.05, 3.63) is 47.5 Å². The number of hydrogen-bond donors (Lipinski definition) is 2. The quantitative estimate of drug-likeness (QED) is 0.748. The minimum absolute atomic E-state index is 0.145. The number of pyridine rings is 1. The second-order valence-electron chi connectivity index (χ2n) is 6.39. The zero-order valence-electron chi connectivity index (χ0n) is 13.4. The van der Waals surface area contributed by atoms with Gasteiger partial charge < -0.3 is 10.4 Å². The van der Waals surface area contributed by atoms with Crippen molar-refractivity contribution >= 4 is 23.1 Å². The highest BCUT2D eigenvalue weighted by molar-refractivity contribution is 6.30. The molecule has 3 aromatic rings. The topological polar surface area (TPSA) is 91.2 Å². The van der Waals surface area contributed by atoms with Crippen LogP contribution in [0.5, 0.6) is 0 Å².